The van der Waals surface area contributed by atoms with Crippen LogP contribution in [0.15, 0.2) is 16.7 Å². The summed E-state index contributed by atoms with van der Waals surface area (Å²) in [5.74, 6) is 2.67. The summed E-state index contributed by atoms with van der Waals surface area (Å²) in [7, 11) is 0. The molecular weight excluding hydrogens is 330 g/mol. The first-order valence-electron chi connectivity index (χ1n) is 7.38. The number of aromatic nitrogens is 4. The Labute approximate surface area is 134 Å². The second kappa shape index (κ2) is 7.13. The zero-order valence-electron chi connectivity index (χ0n) is 13.0. The van der Waals surface area contributed by atoms with Gasteiger partial charge in [0, 0.05) is 41.7 Å². The Kier molecular flexibility index (Phi) is 5.47. The van der Waals surface area contributed by atoms with Gasteiger partial charge in [-0.15, -0.1) is 5.10 Å². The van der Waals surface area contributed by atoms with Crippen LogP contribution in [-0.4, -0.2) is 25.8 Å². The molecule has 2 rings (SSSR count). The maximum Gasteiger partial charge on any atom is 0.160 e. The number of hydrogen-bond donors (Lipinski definition) is 1. The normalized spacial score (nSPS) is 11.3. The van der Waals surface area contributed by atoms with Crippen molar-refractivity contribution in [3.8, 4) is 5.82 Å². The third-order valence-corrected chi connectivity index (χ3v) is 3.60. The van der Waals surface area contributed by atoms with Crippen LogP contribution in [0.2, 0.25) is 0 Å². The fraction of sp³-hybridized carbons (Fsp3) is 0.533. The van der Waals surface area contributed by atoms with Gasteiger partial charge in [0.25, 0.3) is 0 Å². The topological polar surface area (TPSA) is 55.6 Å². The van der Waals surface area contributed by atoms with E-state index in [1.165, 1.54) is 0 Å². The van der Waals surface area contributed by atoms with E-state index in [1.807, 2.05) is 4.68 Å². The smallest absolute Gasteiger partial charge is 0.160 e. The quantitative estimate of drug-likeness (QED) is 0.868. The largest absolute Gasteiger partial charge is 0.310 e. The van der Waals surface area contributed by atoms with Gasteiger partial charge in [-0.3, -0.25) is 0 Å². The molecule has 114 valence electrons. The molecule has 0 spiro atoms. The fourth-order valence-corrected chi connectivity index (χ4v) is 2.43. The zero-order chi connectivity index (χ0) is 15.4. The van der Waals surface area contributed by atoms with E-state index in [4.69, 9.17) is 0 Å². The Morgan fingerprint density at radius 3 is 2.67 bits per heavy atom. The summed E-state index contributed by atoms with van der Waals surface area (Å²) in [6, 6.07) is 2.51. The predicted molar refractivity (Wildman–Crippen MR) is 87.6 cm³/mol. The van der Waals surface area contributed by atoms with Crippen LogP contribution in [0, 0.1) is 0 Å². The maximum absolute atomic E-state index is 4.59. The molecule has 2 heterocycles. The molecule has 0 unspecified atom stereocenters. The molecule has 0 aliphatic carbocycles. The van der Waals surface area contributed by atoms with Crippen molar-refractivity contribution in [3.05, 3.63) is 33.9 Å². The van der Waals surface area contributed by atoms with Crippen LogP contribution < -0.4 is 5.32 Å². The lowest BCUT2D eigenvalue weighted by Crippen LogP contribution is -2.23. The van der Waals surface area contributed by atoms with E-state index in [-0.39, 0.29) is 0 Å². The van der Waals surface area contributed by atoms with E-state index >= 15 is 0 Å². The predicted octanol–water partition coefficient (Wildman–Crippen LogP) is 3.05. The van der Waals surface area contributed by atoms with E-state index in [0.717, 1.165) is 46.9 Å². The summed E-state index contributed by atoms with van der Waals surface area (Å²) in [6.07, 6.45) is 3.47. The molecular formula is C15H22BrN5. The van der Waals surface area contributed by atoms with E-state index in [9.17, 15) is 0 Å². The van der Waals surface area contributed by atoms with E-state index in [0.29, 0.717) is 6.04 Å². The zero-order valence-corrected chi connectivity index (χ0v) is 14.6. The first-order valence-corrected chi connectivity index (χ1v) is 8.17. The minimum Gasteiger partial charge on any atom is -0.310 e. The summed E-state index contributed by atoms with van der Waals surface area (Å²) < 4.78 is 2.85. The molecule has 2 aromatic heterocycles. The summed E-state index contributed by atoms with van der Waals surface area (Å²) in [6.45, 7) is 9.17. The molecule has 2 aromatic rings. The average Bonchev–Trinajstić information content (AvgIpc) is 2.88. The molecule has 0 atom stereocenters. The molecule has 5 nitrogen and oxygen atoms in total. The van der Waals surface area contributed by atoms with Crippen LogP contribution in [0.25, 0.3) is 5.82 Å². The molecule has 0 saturated carbocycles. The minimum atomic E-state index is 0.421. The van der Waals surface area contributed by atoms with Crippen LogP contribution in [0.3, 0.4) is 0 Å². The Morgan fingerprint density at radius 1 is 1.29 bits per heavy atom. The highest BCUT2D eigenvalue weighted by atomic mass is 79.9. The fourth-order valence-electron chi connectivity index (χ4n) is 2.05. The van der Waals surface area contributed by atoms with Gasteiger partial charge >= 0.3 is 0 Å². The average molecular weight is 352 g/mol. The van der Waals surface area contributed by atoms with Crippen LogP contribution in [0.5, 0.6) is 0 Å². The van der Waals surface area contributed by atoms with Crippen molar-refractivity contribution in [1.29, 1.82) is 0 Å². The molecule has 0 fully saturated rings. The van der Waals surface area contributed by atoms with Gasteiger partial charge in [0.1, 0.15) is 5.82 Å². The number of nitrogens with one attached hydrogen (secondary N) is 1. The molecule has 0 radical (unpaired) electrons. The van der Waals surface area contributed by atoms with Gasteiger partial charge in [-0.1, -0.05) is 27.7 Å². The van der Waals surface area contributed by atoms with Crippen LogP contribution in [-0.2, 0) is 19.4 Å². The van der Waals surface area contributed by atoms with E-state index < -0.39 is 0 Å². The van der Waals surface area contributed by atoms with Crippen LogP contribution >= 0.6 is 15.9 Å². The maximum atomic E-state index is 4.59. The molecule has 0 aliphatic heterocycles. The number of nitrogens with zero attached hydrogens (tertiary/aromatic N) is 4. The molecule has 1 N–H and O–H groups in total. The molecule has 0 amide bonds. The standard InChI is InChI=1S/C15H22BrN5/c1-5-13-19-14(6-2)21(20-13)15-11(8-17-10(3)4)7-12(16)9-18-15/h7,9-10,17H,5-6,8H2,1-4H3. The van der Waals surface area contributed by atoms with Gasteiger partial charge < -0.3 is 5.32 Å². The number of pyridine rings is 1. The van der Waals surface area contributed by atoms with Crippen molar-refractivity contribution < 1.29 is 0 Å². The van der Waals surface area contributed by atoms with Gasteiger partial charge in [0.05, 0.1) is 0 Å². The lowest BCUT2D eigenvalue weighted by atomic mass is 10.2. The second-order valence-electron chi connectivity index (χ2n) is 5.24. The highest BCUT2D eigenvalue weighted by Gasteiger charge is 2.14. The minimum absolute atomic E-state index is 0.421. The third-order valence-electron chi connectivity index (χ3n) is 3.16. The number of aryl methyl sites for hydroxylation is 2. The summed E-state index contributed by atoms with van der Waals surface area (Å²) in [4.78, 5) is 9.12. The second-order valence-corrected chi connectivity index (χ2v) is 6.15. The Morgan fingerprint density at radius 2 is 2.05 bits per heavy atom. The molecule has 0 aliphatic rings. The lowest BCUT2D eigenvalue weighted by molar-refractivity contribution is 0.583. The number of rotatable bonds is 6. The number of halogens is 1. The highest BCUT2D eigenvalue weighted by molar-refractivity contribution is 9.10. The molecule has 21 heavy (non-hydrogen) atoms. The Hall–Kier alpha value is -1.27. The van der Waals surface area contributed by atoms with Crippen LogP contribution in [0.4, 0.5) is 0 Å². The van der Waals surface area contributed by atoms with Crippen molar-refractivity contribution in [2.45, 2.75) is 53.1 Å². The van der Waals surface area contributed by atoms with Crippen molar-refractivity contribution in [1.82, 2.24) is 25.1 Å². The van der Waals surface area contributed by atoms with E-state index in [2.05, 4.69) is 70.1 Å². The van der Waals surface area contributed by atoms with Gasteiger partial charge in [-0.05, 0) is 22.0 Å². The molecule has 6 heteroatoms. The van der Waals surface area contributed by atoms with Crippen molar-refractivity contribution in [3.63, 3.8) is 0 Å². The first-order chi connectivity index (χ1) is 10.0. The first kappa shape index (κ1) is 16.1. The summed E-state index contributed by atoms with van der Waals surface area (Å²) in [5, 5.41) is 8.02. The monoisotopic (exact) mass is 351 g/mol. The lowest BCUT2D eigenvalue weighted by Gasteiger charge is -2.13. The van der Waals surface area contributed by atoms with Gasteiger partial charge in [0.15, 0.2) is 11.6 Å². The van der Waals surface area contributed by atoms with Crippen molar-refractivity contribution in [2.75, 3.05) is 0 Å². The summed E-state index contributed by atoms with van der Waals surface area (Å²) in [5.41, 5.74) is 1.11. The highest BCUT2D eigenvalue weighted by Crippen LogP contribution is 2.19. The van der Waals surface area contributed by atoms with E-state index in [1.54, 1.807) is 6.20 Å². The third kappa shape index (κ3) is 3.89. The Balaban J connectivity index is 2.44. The van der Waals surface area contributed by atoms with Gasteiger partial charge in [0.2, 0.25) is 0 Å². The molecule has 0 bridgehead atoms. The van der Waals surface area contributed by atoms with Gasteiger partial charge in [-0.25, -0.2) is 9.97 Å². The summed E-state index contributed by atoms with van der Waals surface area (Å²) >= 11 is 3.49. The molecule has 0 saturated heterocycles. The Bertz CT molecular complexity index is 606. The number of hydrogen-bond acceptors (Lipinski definition) is 4. The van der Waals surface area contributed by atoms with Gasteiger partial charge in [-0.2, -0.15) is 4.68 Å². The molecule has 0 aromatic carbocycles. The van der Waals surface area contributed by atoms with Crippen LogP contribution in [0.1, 0.15) is 44.9 Å². The SMILES string of the molecule is CCc1nc(CC)n(-c2ncc(Br)cc2CNC(C)C)n1. The van der Waals surface area contributed by atoms with Crippen molar-refractivity contribution in [2.24, 2.45) is 0 Å². The van der Waals surface area contributed by atoms with Crippen molar-refractivity contribution >= 4 is 15.9 Å².